The van der Waals surface area contributed by atoms with Crippen LogP contribution in [-0.2, 0) is 17.8 Å². The average Bonchev–Trinajstić information content (AvgIpc) is 3.40. The lowest BCUT2D eigenvalue weighted by Crippen LogP contribution is -2.36. The molecule has 0 radical (unpaired) electrons. The Balaban J connectivity index is 1.32. The van der Waals surface area contributed by atoms with Gasteiger partial charge in [0.15, 0.2) is 5.76 Å². The third-order valence-corrected chi connectivity index (χ3v) is 5.87. The lowest BCUT2D eigenvalue weighted by molar-refractivity contribution is -0.127. The summed E-state index contributed by atoms with van der Waals surface area (Å²) in [5.74, 6) is 1.36. The fourth-order valence-corrected chi connectivity index (χ4v) is 4.20. The molecule has 2 amide bonds. The third kappa shape index (κ3) is 3.26. The van der Waals surface area contributed by atoms with Crippen LogP contribution in [0, 0.1) is 0 Å². The molecule has 0 spiro atoms. The van der Waals surface area contributed by atoms with E-state index in [0.29, 0.717) is 31.8 Å². The van der Waals surface area contributed by atoms with Crippen molar-refractivity contribution >= 4 is 22.8 Å². The fourth-order valence-electron chi connectivity index (χ4n) is 4.20. The Hall–Kier alpha value is -3.22. The SMILES string of the molecule is CC(=O)N1CC[C@@H](c2ncc3c(n2)CCN(C(=O)c2cc4ccccc4o2)C3)C1. The number of hydrogen-bond donors (Lipinski definition) is 0. The molecule has 148 valence electrons. The number of benzene rings is 1. The first-order valence-corrected chi connectivity index (χ1v) is 9.96. The van der Waals surface area contributed by atoms with E-state index >= 15 is 0 Å². The average molecular weight is 390 g/mol. The zero-order valence-corrected chi connectivity index (χ0v) is 16.3. The van der Waals surface area contributed by atoms with Gasteiger partial charge in [-0.15, -0.1) is 0 Å². The number of amides is 2. The minimum absolute atomic E-state index is 0.102. The molecule has 2 aliphatic heterocycles. The molecule has 1 saturated heterocycles. The van der Waals surface area contributed by atoms with Crippen molar-refractivity contribution in [3.05, 3.63) is 59.4 Å². The van der Waals surface area contributed by atoms with Gasteiger partial charge >= 0.3 is 0 Å². The molecule has 0 aliphatic carbocycles. The Bertz CT molecular complexity index is 1070. The van der Waals surface area contributed by atoms with Crippen LogP contribution < -0.4 is 0 Å². The van der Waals surface area contributed by atoms with Crippen molar-refractivity contribution in [3.63, 3.8) is 0 Å². The Kier molecular flexibility index (Phi) is 4.30. The van der Waals surface area contributed by atoms with Crippen molar-refractivity contribution in [1.82, 2.24) is 19.8 Å². The van der Waals surface area contributed by atoms with Gasteiger partial charge in [-0.05, 0) is 18.6 Å². The number of nitrogens with zero attached hydrogens (tertiary/aromatic N) is 4. The van der Waals surface area contributed by atoms with E-state index < -0.39 is 0 Å². The van der Waals surface area contributed by atoms with Crippen molar-refractivity contribution < 1.29 is 14.0 Å². The van der Waals surface area contributed by atoms with Crippen LogP contribution in [0.4, 0.5) is 0 Å². The Labute approximate surface area is 168 Å². The van der Waals surface area contributed by atoms with Gasteiger partial charge < -0.3 is 14.2 Å². The van der Waals surface area contributed by atoms with Crippen LogP contribution >= 0.6 is 0 Å². The number of likely N-dealkylation sites (tertiary alicyclic amines) is 1. The number of carbonyl (C=O) groups excluding carboxylic acids is 2. The maximum Gasteiger partial charge on any atom is 0.289 e. The fraction of sp³-hybridized carbons (Fsp3) is 0.364. The summed E-state index contributed by atoms with van der Waals surface area (Å²) in [5, 5.41) is 0.928. The number of carbonyl (C=O) groups is 2. The number of hydrogen-bond acceptors (Lipinski definition) is 5. The summed E-state index contributed by atoms with van der Waals surface area (Å²) >= 11 is 0. The Morgan fingerprint density at radius 1 is 1.17 bits per heavy atom. The zero-order chi connectivity index (χ0) is 20.0. The number of furan rings is 1. The molecule has 1 fully saturated rings. The summed E-state index contributed by atoms with van der Waals surface area (Å²) in [6.07, 6.45) is 3.43. The number of fused-ring (bicyclic) bond motifs is 2. The summed E-state index contributed by atoms with van der Waals surface area (Å²) in [4.78, 5) is 37.5. The predicted octanol–water partition coefficient (Wildman–Crippen LogP) is 2.76. The van der Waals surface area contributed by atoms with Gasteiger partial charge in [-0.1, -0.05) is 18.2 Å². The molecular weight excluding hydrogens is 368 g/mol. The van der Waals surface area contributed by atoms with Gasteiger partial charge in [0.1, 0.15) is 11.4 Å². The first-order chi connectivity index (χ1) is 14.1. The minimum Gasteiger partial charge on any atom is -0.451 e. The molecular formula is C22H22N4O3. The van der Waals surface area contributed by atoms with Crippen LogP contribution in [0.3, 0.4) is 0 Å². The van der Waals surface area contributed by atoms with Gasteiger partial charge in [0.2, 0.25) is 5.91 Å². The normalized spacial score (nSPS) is 18.9. The molecule has 1 atom stereocenters. The second-order valence-electron chi connectivity index (χ2n) is 7.78. The summed E-state index contributed by atoms with van der Waals surface area (Å²) in [7, 11) is 0. The first-order valence-electron chi connectivity index (χ1n) is 9.96. The van der Waals surface area contributed by atoms with Crippen LogP contribution in [0.2, 0.25) is 0 Å². The van der Waals surface area contributed by atoms with Crippen LogP contribution in [-0.4, -0.2) is 51.2 Å². The van der Waals surface area contributed by atoms with E-state index in [1.165, 1.54) is 0 Å². The van der Waals surface area contributed by atoms with Gasteiger partial charge in [0.25, 0.3) is 5.91 Å². The molecule has 7 heteroatoms. The van der Waals surface area contributed by atoms with E-state index in [9.17, 15) is 9.59 Å². The molecule has 5 rings (SSSR count). The largest absolute Gasteiger partial charge is 0.451 e. The van der Waals surface area contributed by atoms with E-state index in [0.717, 1.165) is 41.0 Å². The smallest absolute Gasteiger partial charge is 0.289 e. The molecule has 0 unspecified atom stereocenters. The van der Waals surface area contributed by atoms with Gasteiger partial charge in [-0.3, -0.25) is 9.59 Å². The first kappa shape index (κ1) is 17.8. The maximum atomic E-state index is 12.9. The number of rotatable bonds is 2. The van der Waals surface area contributed by atoms with Crippen molar-refractivity contribution in [2.45, 2.75) is 32.2 Å². The predicted molar refractivity (Wildman–Crippen MR) is 106 cm³/mol. The summed E-state index contributed by atoms with van der Waals surface area (Å²) in [6.45, 7) is 4.13. The molecule has 0 saturated carbocycles. The zero-order valence-electron chi connectivity index (χ0n) is 16.3. The lowest BCUT2D eigenvalue weighted by Gasteiger charge is -2.27. The van der Waals surface area contributed by atoms with Crippen molar-refractivity contribution in [1.29, 1.82) is 0 Å². The summed E-state index contributed by atoms with van der Waals surface area (Å²) < 4.78 is 5.73. The molecule has 0 N–H and O–H groups in total. The molecule has 0 bridgehead atoms. The highest BCUT2D eigenvalue weighted by Gasteiger charge is 2.30. The van der Waals surface area contributed by atoms with Gasteiger partial charge in [-0.2, -0.15) is 0 Å². The second kappa shape index (κ2) is 6.99. The molecule has 7 nitrogen and oxygen atoms in total. The molecule has 1 aromatic carbocycles. The molecule has 2 aliphatic rings. The van der Waals surface area contributed by atoms with Gasteiger partial charge in [0.05, 0.1) is 5.69 Å². The minimum atomic E-state index is -0.108. The lowest BCUT2D eigenvalue weighted by atomic mass is 10.0. The molecule has 29 heavy (non-hydrogen) atoms. The van der Waals surface area contributed by atoms with E-state index in [-0.39, 0.29) is 17.7 Å². The van der Waals surface area contributed by atoms with Crippen LogP contribution in [0.15, 0.2) is 40.9 Å². The summed E-state index contributed by atoms with van der Waals surface area (Å²) in [6, 6.07) is 9.42. The standard InChI is InChI=1S/C22H22N4O3/c1-14(27)25-8-6-16(12-25)21-23-11-17-13-26(9-7-18(17)24-21)22(28)20-10-15-4-2-3-5-19(15)29-20/h2-5,10-11,16H,6-9,12-13H2,1H3/t16-/m1/s1. The van der Waals surface area contributed by atoms with Gasteiger partial charge in [0, 0.05) is 62.6 Å². The topological polar surface area (TPSA) is 79.5 Å². The highest BCUT2D eigenvalue weighted by molar-refractivity contribution is 5.96. The van der Waals surface area contributed by atoms with E-state index in [2.05, 4.69) is 4.98 Å². The highest BCUT2D eigenvalue weighted by atomic mass is 16.3. The number of para-hydroxylation sites is 1. The van der Waals surface area contributed by atoms with Crippen molar-refractivity contribution in [3.8, 4) is 0 Å². The molecule has 3 aromatic rings. The van der Waals surface area contributed by atoms with Gasteiger partial charge in [-0.25, -0.2) is 9.97 Å². The number of aromatic nitrogens is 2. The quantitative estimate of drug-likeness (QED) is 0.672. The Morgan fingerprint density at radius 2 is 2.03 bits per heavy atom. The van der Waals surface area contributed by atoms with Crippen molar-refractivity contribution in [2.75, 3.05) is 19.6 Å². The third-order valence-electron chi connectivity index (χ3n) is 5.87. The van der Waals surface area contributed by atoms with E-state index in [4.69, 9.17) is 9.40 Å². The maximum absolute atomic E-state index is 12.9. The van der Waals surface area contributed by atoms with Crippen LogP contribution in [0.1, 0.15) is 46.9 Å². The van der Waals surface area contributed by atoms with E-state index in [1.807, 2.05) is 35.4 Å². The summed E-state index contributed by atoms with van der Waals surface area (Å²) in [5.41, 5.74) is 2.70. The molecule has 2 aromatic heterocycles. The highest BCUT2D eigenvalue weighted by Crippen LogP contribution is 2.27. The van der Waals surface area contributed by atoms with Crippen LogP contribution in [0.25, 0.3) is 11.0 Å². The van der Waals surface area contributed by atoms with E-state index in [1.54, 1.807) is 17.9 Å². The van der Waals surface area contributed by atoms with Crippen molar-refractivity contribution in [2.24, 2.45) is 0 Å². The molecule has 4 heterocycles. The monoisotopic (exact) mass is 390 g/mol. The Morgan fingerprint density at radius 3 is 2.83 bits per heavy atom. The van der Waals surface area contributed by atoms with Crippen LogP contribution in [0.5, 0.6) is 0 Å². The second-order valence-corrected chi connectivity index (χ2v) is 7.78.